The minimum absolute atomic E-state index is 0.00323. The number of anilines is 2. The molecule has 3 aromatic carbocycles. The lowest BCUT2D eigenvalue weighted by molar-refractivity contribution is -0.132. The Balaban J connectivity index is 1.90. The fourth-order valence-corrected chi connectivity index (χ4v) is 5.01. The number of phenolic OH excluding ortho intramolecular Hbond substituents is 1. The average molecular weight is 515 g/mol. The molecule has 1 aliphatic rings. The van der Waals surface area contributed by atoms with Gasteiger partial charge >= 0.3 is 0 Å². The molecule has 198 valence electrons. The zero-order chi connectivity index (χ0) is 27.6. The number of ether oxygens (including phenoxy) is 1. The normalized spacial score (nSPS) is 16.8. The van der Waals surface area contributed by atoms with Gasteiger partial charge in [-0.1, -0.05) is 26.0 Å². The predicted octanol–water partition coefficient (Wildman–Crippen LogP) is 6.00. The number of aliphatic hydroxyl groups excluding tert-OH is 1. The number of rotatable bonds is 8. The molecule has 0 spiro atoms. The van der Waals surface area contributed by atoms with Crippen LogP contribution in [0.25, 0.3) is 5.76 Å². The summed E-state index contributed by atoms with van der Waals surface area (Å²) in [5.41, 5.74) is 3.28. The Bertz CT molecular complexity index is 1370. The van der Waals surface area contributed by atoms with Gasteiger partial charge in [0.05, 0.1) is 18.7 Å². The molecule has 7 heteroatoms. The maximum absolute atomic E-state index is 13.5. The van der Waals surface area contributed by atoms with E-state index in [1.807, 2.05) is 26.0 Å². The number of carbonyl (C=O) groups excluding carboxylic acids is 2. The maximum Gasteiger partial charge on any atom is 0.300 e. The Morgan fingerprint density at radius 1 is 1.00 bits per heavy atom. The Morgan fingerprint density at radius 3 is 2.26 bits per heavy atom. The molecular formula is C31H34N2O5. The van der Waals surface area contributed by atoms with Gasteiger partial charge < -0.3 is 19.8 Å². The molecule has 0 aliphatic carbocycles. The first-order valence-corrected chi connectivity index (χ1v) is 12.8. The van der Waals surface area contributed by atoms with Crippen molar-refractivity contribution in [1.29, 1.82) is 0 Å². The predicted molar refractivity (Wildman–Crippen MR) is 150 cm³/mol. The number of phenols is 1. The molecule has 1 amide bonds. The fraction of sp³-hybridized carbons (Fsp3) is 0.290. The van der Waals surface area contributed by atoms with Gasteiger partial charge in [-0.15, -0.1) is 0 Å². The lowest BCUT2D eigenvalue weighted by Crippen LogP contribution is -2.29. The largest absolute Gasteiger partial charge is 0.508 e. The Labute approximate surface area is 223 Å². The Hall–Kier alpha value is -4.26. The van der Waals surface area contributed by atoms with Crippen molar-refractivity contribution in [3.63, 3.8) is 0 Å². The number of Topliss-reactive ketones (excluding diaryl/α,β-unsaturated/α-hetero) is 1. The average Bonchev–Trinajstić information content (AvgIpc) is 3.19. The molecule has 0 bridgehead atoms. The third kappa shape index (κ3) is 4.84. The van der Waals surface area contributed by atoms with Crippen molar-refractivity contribution < 1.29 is 24.5 Å². The van der Waals surface area contributed by atoms with Gasteiger partial charge in [0, 0.05) is 30.0 Å². The van der Waals surface area contributed by atoms with E-state index in [4.69, 9.17) is 4.74 Å². The molecule has 38 heavy (non-hydrogen) atoms. The van der Waals surface area contributed by atoms with Crippen LogP contribution in [0.2, 0.25) is 0 Å². The maximum atomic E-state index is 13.5. The molecular weight excluding hydrogens is 480 g/mol. The van der Waals surface area contributed by atoms with Crippen LogP contribution in [0.4, 0.5) is 11.4 Å². The number of aromatic hydroxyl groups is 1. The lowest BCUT2D eigenvalue weighted by atomic mass is 9.93. The van der Waals surface area contributed by atoms with Gasteiger partial charge in [-0.25, -0.2) is 0 Å². The second kappa shape index (κ2) is 11.0. The van der Waals surface area contributed by atoms with Crippen LogP contribution in [0.15, 0.2) is 72.3 Å². The van der Waals surface area contributed by atoms with E-state index in [0.29, 0.717) is 22.6 Å². The van der Waals surface area contributed by atoms with Gasteiger partial charge in [0.15, 0.2) is 0 Å². The highest BCUT2D eigenvalue weighted by Gasteiger charge is 2.47. The van der Waals surface area contributed by atoms with Crippen molar-refractivity contribution >= 4 is 28.8 Å². The van der Waals surface area contributed by atoms with Crippen LogP contribution in [0.1, 0.15) is 56.3 Å². The number of amides is 1. The van der Waals surface area contributed by atoms with Gasteiger partial charge in [-0.05, 0) is 85.5 Å². The standard InChI is InChI=1S/C31H34N2O5/c1-6-32(7-2)22-12-14-23(15-13-22)33-28(20-9-8-10-24(34)17-20)27(30(36)31(33)37)29(35)21-11-16-26(38-5)25(18-21)19(3)4/h8-19,28,34-35H,6-7H2,1-5H3/b29-27-. The number of carbonyl (C=O) groups is 2. The number of methoxy groups -OCH3 is 1. The van der Waals surface area contributed by atoms with Crippen molar-refractivity contribution in [3.05, 3.63) is 89.0 Å². The summed E-state index contributed by atoms with van der Waals surface area (Å²) in [5.74, 6) is -1.03. The van der Waals surface area contributed by atoms with Crippen molar-refractivity contribution in [2.24, 2.45) is 0 Å². The molecule has 2 N–H and O–H groups in total. The van der Waals surface area contributed by atoms with Crippen molar-refractivity contribution in [3.8, 4) is 11.5 Å². The first-order chi connectivity index (χ1) is 18.2. The van der Waals surface area contributed by atoms with Gasteiger partial charge in [0.25, 0.3) is 11.7 Å². The number of benzene rings is 3. The number of hydrogen-bond acceptors (Lipinski definition) is 6. The van der Waals surface area contributed by atoms with E-state index < -0.39 is 17.7 Å². The smallest absolute Gasteiger partial charge is 0.300 e. The van der Waals surface area contributed by atoms with E-state index in [1.54, 1.807) is 49.6 Å². The number of ketones is 1. The van der Waals surface area contributed by atoms with E-state index in [1.165, 1.54) is 17.0 Å². The second-order valence-corrected chi connectivity index (χ2v) is 9.56. The summed E-state index contributed by atoms with van der Waals surface area (Å²) in [6, 6.07) is 18.1. The molecule has 1 aliphatic heterocycles. The summed E-state index contributed by atoms with van der Waals surface area (Å²) in [4.78, 5) is 30.5. The number of aliphatic hydroxyl groups is 1. The monoisotopic (exact) mass is 514 g/mol. The molecule has 0 aromatic heterocycles. The lowest BCUT2D eigenvalue weighted by Gasteiger charge is -2.27. The van der Waals surface area contributed by atoms with Gasteiger partial charge in [0.1, 0.15) is 17.3 Å². The van der Waals surface area contributed by atoms with Crippen molar-refractivity contribution in [2.45, 2.75) is 39.7 Å². The van der Waals surface area contributed by atoms with E-state index in [-0.39, 0.29) is 23.0 Å². The number of hydrogen-bond donors (Lipinski definition) is 2. The summed E-state index contributed by atoms with van der Waals surface area (Å²) in [6.45, 7) is 9.83. The molecule has 1 saturated heterocycles. The van der Waals surface area contributed by atoms with E-state index >= 15 is 0 Å². The van der Waals surface area contributed by atoms with Crippen LogP contribution in [-0.2, 0) is 9.59 Å². The van der Waals surface area contributed by atoms with Crippen LogP contribution < -0.4 is 14.5 Å². The molecule has 4 rings (SSSR count). The Kier molecular flexibility index (Phi) is 7.76. The third-order valence-corrected chi connectivity index (χ3v) is 7.01. The topological polar surface area (TPSA) is 90.3 Å². The molecule has 0 saturated carbocycles. The highest BCUT2D eigenvalue weighted by molar-refractivity contribution is 6.51. The van der Waals surface area contributed by atoms with Gasteiger partial charge in [-0.3, -0.25) is 14.5 Å². The summed E-state index contributed by atoms with van der Waals surface area (Å²) in [6.07, 6.45) is 0. The zero-order valence-electron chi connectivity index (χ0n) is 22.4. The second-order valence-electron chi connectivity index (χ2n) is 9.56. The van der Waals surface area contributed by atoms with Crippen LogP contribution in [-0.4, -0.2) is 42.1 Å². The first kappa shape index (κ1) is 26.8. The summed E-state index contributed by atoms with van der Waals surface area (Å²) < 4.78 is 5.47. The summed E-state index contributed by atoms with van der Waals surface area (Å²) in [7, 11) is 1.58. The Morgan fingerprint density at radius 2 is 1.68 bits per heavy atom. The molecule has 1 heterocycles. The molecule has 7 nitrogen and oxygen atoms in total. The third-order valence-electron chi connectivity index (χ3n) is 7.01. The van der Waals surface area contributed by atoms with E-state index in [2.05, 4.69) is 18.7 Å². The summed E-state index contributed by atoms with van der Waals surface area (Å²) in [5, 5.41) is 21.7. The molecule has 3 aromatic rings. The van der Waals surface area contributed by atoms with Crippen molar-refractivity contribution in [1.82, 2.24) is 0 Å². The van der Waals surface area contributed by atoms with E-state index in [0.717, 1.165) is 24.3 Å². The summed E-state index contributed by atoms with van der Waals surface area (Å²) >= 11 is 0. The van der Waals surface area contributed by atoms with E-state index in [9.17, 15) is 19.8 Å². The fourth-order valence-electron chi connectivity index (χ4n) is 5.01. The minimum atomic E-state index is -0.925. The SMILES string of the molecule is CCN(CC)c1ccc(N2C(=O)C(=O)/C(=C(\O)c3ccc(OC)c(C(C)C)c3)C2c2cccc(O)c2)cc1. The van der Waals surface area contributed by atoms with Crippen LogP contribution in [0, 0.1) is 0 Å². The van der Waals surface area contributed by atoms with Crippen LogP contribution in [0.3, 0.4) is 0 Å². The zero-order valence-corrected chi connectivity index (χ0v) is 22.4. The van der Waals surface area contributed by atoms with Crippen LogP contribution >= 0.6 is 0 Å². The highest BCUT2D eigenvalue weighted by Crippen LogP contribution is 2.43. The van der Waals surface area contributed by atoms with Gasteiger partial charge in [-0.2, -0.15) is 0 Å². The van der Waals surface area contributed by atoms with Crippen LogP contribution in [0.5, 0.6) is 11.5 Å². The molecule has 1 unspecified atom stereocenters. The number of nitrogens with zero attached hydrogens (tertiary/aromatic N) is 2. The van der Waals surface area contributed by atoms with Gasteiger partial charge in [0.2, 0.25) is 0 Å². The molecule has 0 radical (unpaired) electrons. The van der Waals surface area contributed by atoms with Crippen molar-refractivity contribution in [2.75, 3.05) is 30.0 Å². The highest BCUT2D eigenvalue weighted by atomic mass is 16.5. The molecule has 1 fully saturated rings. The quantitative estimate of drug-likeness (QED) is 0.218. The minimum Gasteiger partial charge on any atom is -0.508 e. The first-order valence-electron chi connectivity index (χ1n) is 12.8. The molecule has 1 atom stereocenters.